The highest BCUT2D eigenvalue weighted by Crippen LogP contribution is 2.30. The van der Waals surface area contributed by atoms with Gasteiger partial charge in [0.25, 0.3) is 5.91 Å². The number of rotatable bonds is 5. The second kappa shape index (κ2) is 7.69. The van der Waals surface area contributed by atoms with Crippen LogP contribution in [0.3, 0.4) is 0 Å². The lowest BCUT2D eigenvalue weighted by atomic mass is 10.1. The summed E-state index contributed by atoms with van der Waals surface area (Å²) in [7, 11) is 0. The molecule has 1 aliphatic rings. The largest absolute Gasteiger partial charge is 0.486 e. The molecular weight excluding hydrogens is 338 g/mol. The number of ketones is 1. The molecule has 1 amide bonds. The predicted octanol–water partition coefficient (Wildman–Crippen LogP) is 2.46. The monoisotopic (exact) mass is 355 g/mol. The van der Waals surface area contributed by atoms with E-state index in [2.05, 4.69) is 5.32 Å². The molecule has 0 fully saturated rings. The van der Waals surface area contributed by atoms with Gasteiger partial charge in [0.05, 0.1) is 11.3 Å². The molecule has 7 nitrogen and oxygen atoms in total. The lowest BCUT2D eigenvalue weighted by Crippen LogP contribution is -2.22. The van der Waals surface area contributed by atoms with Gasteiger partial charge in [-0.2, -0.15) is 0 Å². The summed E-state index contributed by atoms with van der Waals surface area (Å²) >= 11 is 0. The van der Waals surface area contributed by atoms with Crippen molar-refractivity contribution in [2.24, 2.45) is 0 Å². The summed E-state index contributed by atoms with van der Waals surface area (Å²) in [5.74, 6) is -0.340. The van der Waals surface area contributed by atoms with E-state index in [1.807, 2.05) is 0 Å². The normalized spacial score (nSPS) is 12.2. The standard InChI is InChI=1S/C19H17NO6/c1-12(21)14-4-2-3-5-15(14)20-18(22)11-26-19(23)13-6-7-16-17(10-13)25-9-8-24-16/h2-7,10H,8-9,11H2,1H3,(H,20,22). The molecule has 0 radical (unpaired) electrons. The number of ether oxygens (including phenoxy) is 3. The second-order valence-electron chi connectivity index (χ2n) is 5.58. The summed E-state index contributed by atoms with van der Waals surface area (Å²) in [4.78, 5) is 35.7. The van der Waals surface area contributed by atoms with E-state index in [-0.39, 0.29) is 11.3 Å². The summed E-state index contributed by atoms with van der Waals surface area (Å²) < 4.78 is 15.8. The molecule has 134 valence electrons. The van der Waals surface area contributed by atoms with E-state index in [0.717, 1.165) is 0 Å². The zero-order valence-corrected chi connectivity index (χ0v) is 14.1. The minimum absolute atomic E-state index is 0.172. The number of Topliss-reactive ketones (excluding diaryl/α,β-unsaturated/α-hetero) is 1. The number of anilines is 1. The highest BCUT2D eigenvalue weighted by atomic mass is 16.6. The van der Waals surface area contributed by atoms with Gasteiger partial charge >= 0.3 is 5.97 Å². The number of fused-ring (bicyclic) bond motifs is 1. The van der Waals surface area contributed by atoms with Crippen LogP contribution >= 0.6 is 0 Å². The summed E-state index contributed by atoms with van der Waals surface area (Å²) in [6.07, 6.45) is 0. The SMILES string of the molecule is CC(=O)c1ccccc1NC(=O)COC(=O)c1ccc2c(c1)OCCO2. The number of amides is 1. The summed E-state index contributed by atoms with van der Waals surface area (Å²) in [5.41, 5.74) is 1.02. The first-order valence-corrected chi connectivity index (χ1v) is 8.01. The van der Waals surface area contributed by atoms with Crippen molar-refractivity contribution in [3.63, 3.8) is 0 Å². The van der Waals surface area contributed by atoms with Gasteiger partial charge in [-0.15, -0.1) is 0 Å². The van der Waals surface area contributed by atoms with Gasteiger partial charge in [0.15, 0.2) is 23.9 Å². The first-order valence-electron chi connectivity index (χ1n) is 8.01. The minimum atomic E-state index is -0.656. The Kier molecular flexibility index (Phi) is 5.17. The van der Waals surface area contributed by atoms with Crippen LogP contribution in [0.15, 0.2) is 42.5 Å². The van der Waals surface area contributed by atoms with Gasteiger partial charge in [-0.25, -0.2) is 4.79 Å². The van der Waals surface area contributed by atoms with Gasteiger partial charge in [0, 0.05) is 5.56 Å². The lowest BCUT2D eigenvalue weighted by Gasteiger charge is -2.18. The zero-order chi connectivity index (χ0) is 18.5. The van der Waals surface area contributed by atoms with Crippen LogP contribution in [-0.4, -0.2) is 37.5 Å². The molecule has 2 aromatic rings. The Morgan fingerprint density at radius 3 is 2.54 bits per heavy atom. The van der Waals surface area contributed by atoms with Gasteiger partial charge < -0.3 is 19.5 Å². The number of esters is 1. The molecule has 7 heteroatoms. The predicted molar refractivity (Wildman–Crippen MR) is 92.8 cm³/mol. The number of para-hydroxylation sites is 1. The van der Waals surface area contributed by atoms with Gasteiger partial charge in [0.1, 0.15) is 13.2 Å². The van der Waals surface area contributed by atoms with E-state index >= 15 is 0 Å². The van der Waals surface area contributed by atoms with Crippen molar-refractivity contribution in [3.8, 4) is 11.5 Å². The van der Waals surface area contributed by atoms with E-state index in [1.54, 1.807) is 36.4 Å². The maximum absolute atomic E-state index is 12.1. The van der Waals surface area contributed by atoms with Crippen LogP contribution in [0, 0.1) is 0 Å². The van der Waals surface area contributed by atoms with E-state index in [1.165, 1.54) is 13.0 Å². The maximum atomic E-state index is 12.1. The molecule has 0 atom stereocenters. The fraction of sp³-hybridized carbons (Fsp3) is 0.211. The molecule has 3 rings (SSSR count). The first-order chi connectivity index (χ1) is 12.5. The molecule has 0 saturated carbocycles. The van der Waals surface area contributed by atoms with Crippen molar-refractivity contribution in [1.29, 1.82) is 0 Å². The zero-order valence-electron chi connectivity index (χ0n) is 14.1. The van der Waals surface area contributed by atoms with Crippen LogP contribution in [0.1, 0.15) is 27.6 Å². The van der Waals surface area contributed by atoms with Crippen molar-refractivity contribution in [1.82, 2.24) is 0 Å². The second-order valence-corrected chi connectivity index (χ2v) is 5.58. The van der Waals surface area contributed by atoms with Crippen LogP contribution < -0.4 is 14.8 Å². The van der Waals surface area contributed by atoms with E-state index in [0.29, 0.717) is 36.0 Å². The number of hydrogen-bond donors (Lipinski definition) is 1. The quantitative estimate of drug-likeness (QED) is 0.654. The molecular formula is C19H17NO6. The smallest absolute Gasteiger partial charge is 0.338 e. The summed E-state index contributed by atoms with van der Waals surface area (Å²) in [6.45, 7) is 1.80. The topological polar surface area (TPSA) is 90.9 Å². The number of nitrogens with one attached hydrogen (secondary N) is 1. The summed E-state index contributed by atoms with van der Waals surface area (Å²) in [5, 5.41) is 2.57. The number of carbonyl (C=O) groups is 3. The van der Waals surface area contributed by atoms with Crippen molar-refractivity contribution >= 4 is 23.3 Å². The Labute approximate surface area is 149 Å². The van der Waals surface area contributed by atoms with Gasteiger partial charge in [-0.3, -0.25) is 9.59 Å². The van der Waals surface area contributed by atoms with Gasteiger partial charge in [-0.1, -0.05) is 12.1 Å². The van der Waals surface area contributed by atoms with Crippen LogP contribution in [0.25, 0.3) is 0 Å². The molecule has 2 aromatic carbocycles. The molecule has 0 spiro atoms. The third kappa shape index (κ3) is 4.00. The molecule has 0 unspecified atom stereocenters. The highest BCUT2D eigenvalue weighted by Gasteiger charge is 2.17. The Bertz CT molecular complexity index is 861. The van der Waals surface area contributed by atoms with Crippen molar-refractivity contribution in [2.45, 2.75) is 6.92 Å². The van der Waals surface area contributed by atoms with Crippen molar-refractivity contribution in [2.75, 3.05) is 25.1 Å². The van der Waals surface area contributed by atoms with E-state index in [9.17, 15) is 14.4 Å². The number of hydrogen-bond acceptors (Lipinski definition) is 6. The highest BCUT2D eigenvalue weighted by molar-refractivity contribution is 6.04. The van der Waals surface area contributed by atoms with Crippen LogP contribution in [0.5, 0.6) is 11.5 Å². The van der Waals surface area contributed by atoms with Gasteiger partial charge in [0.2, 0.25) is 0 Å². The van der Waals surface area contributed by atoms with Crippen LogP contribution in [0.2, 0.25) is 0 Å². The van der Waals surface area contributed by atoms with Crippen molar-refractivity contribution in [3.05, 3.63) is 53.6 Å². The molecule has 1 aliphatic heterocycles. The maximum Gasteiger partial charge on any atom is 0.338 e. The fourth-order valence-corrected chi connectivity index (χ4v) is 2.47. The molecule has 0 aromatic heterocycles. The average Bonchev–Trinajstić information content (AvgIpc) is 2.66. The molecule has 1 heterocycles. The molecule has 0 aliphatic carbocycles. The lowest BCUT2D eigenvalue weighted by molar-refractivity contribution is -0.119. The Morgan fingerprint density at radius 1 is 1.04 bits per heavy atom. The molecule has 26 heavy (non-hydrogen) atoms. The third-order valence-electron chi connectivity index (χ3n) is 3.69. The molecule has 1 N–H and O–H groups in total. The minimum Gasteiger partial charge on any atom is -0.486 e. The van der Waals surface area contributed by atoms with Gasteiger partial charge in [-0.05, 0) is 37.3 Å². The van der Waals surface area contributed by atoms with Crippen molar-refractivity contribution < 1.29 is 28.6 Å². The summed E-state index contributed by atoms with van der Waals surface area (Å²) in [6, 6.07) is 11.3. The Balaban J connectivity index is 1.59. The third-order valence-corrected chi connectivity index (χ3v) is 3.69. The fourth-order valence-electron chi connectivity index (χ4n) is 2.47. The van der Waals surface area contributed by atoms with E-state index < -0.39 is 18.5 Å². The van der Waals surface area contributed by atoms with Crippen LogP contribution in [0.4, 0.5) is 5.69 Å². The average molecular weight is 355 g/mol. The first kappa shape index (κ1) is 17.5. The number of benzene rings is 2. The number of carbonyl (C=O) groups excluding carboxylic acids is 3. The van der Waals surface area contributed by atoms with Crippen LogP contribution in [-0.2, 0) is 9.53 Å². The molecule has 0 saturated heterocycles. The Hall–Kier alpha value is -3.35. The Morgan fingerprint density at radius 2 is 1.77 bits per heavy atom. The van der Waals surface area contributed by atoms with E-state index in [4.69, 9.17) is 14.2 Å². The molecule has 0 bridgehead atoms.